The minimum Gasteiger partial charge on any atom is -0.490 e. The lowest BCUT2D eigenvalue weighted by molar-refractivity contribution is 0.122. The Morgan fingerprint density at radius 3 is 2.38 bits per heavy atom. The van der Waals surface area contributed by atoms with E-state index in [2.05, 4.69) is 58.4 Å². The van der Waals surface area contributed by atoms with Crippen molar-refractivity contribution in [3.63, 3.8) is 0 Å². The van der Waals surface area contributed by atoms with E-state index in [0.717, 1.165) is 17.2 Å². The van der Waals surface area contributed by atoms with Gasteiger partial charge in [0.1, 0.15) is 5.75 Å². The van der Waals surface area contributed by atoms with Crippen LogP contribution in [0.2, 0.25) is 0 Å². The number of fused-ring (bicyclic) bond motifs is 5. The molecule has 0 aliphatic carbocycles. The summed E-state index contributed by atoms with van der Waals surface area (Å²) in [5.41, 5.74) is 6.27. The van der Waals surface area contributed by atoms with Crippen molar-refractivity contribution in [2.75, 3.05) is 5.32 Å². The van der Waals surface area contributed by atoms with Crippen molar-refractivity contribution >= 4 is 17.0 Å². The highest BCUT2D eigenvalue weighted by Crippen LogP contribution is 2.49. The third-order valence-electron chi connectivity index (χ3n) is 6.44. The number of hydrogen-bond acceptors (Lipinski definition) is 3. The van der Waals surface area contributed by atoms with E-state index in [1.165, 1.54) is 22.2 Å². The molecule has 1 aromatic heterocycles. The number of ether oxygens (including phenoxy) is 1. The standard InChI is InChI=1S/C19H27N3O.CH4/c1-8-9(2)15-17-16(10(3)11(4)18(15)23-14(8)7)21-19-20-12(5)13(6)22(17)19;/h8-9,12-14H,1-7H3,(H,20,21);1H4. The van der Waals surface area contributed by atoms with Gasteiger partial charge in [0.2, 0.25) is 5.95 Å². The zero-order chi connectivity index (χ0) is 16.6. The first-order valence-corrected chi connectivity index (χ1v) is 8.81. The van der Waals surface area contributed by atoms with Crippen LogP contribution in [0.1, 0.15) is 70.7 Å². The minimum absolute atomic E-state index is 0. The van der Waals surface area contributed by atoms with Crippen molar-refractivity contribution < 1.29 is 4.74 Å². The molecule has 0 fully saturated rings. The molecule has 5 atom stereocenters. The molecule has 2 aromatic rings. The van der Waals surface area contributed by atoms with E-state index in [0.29, 0.717) is 23.9 Å². The van der Waals surface area contributed by atoms with Gasteiger partial charge >= 0.3 is 0 Å². The Balaban J connectivity index is 0.00000169. The van der Waals surface area contributed by atoms with Gasteiger partial charge in [0.15, 0.2) is 0 Å². The second kappa shape index (κ2) is 5.40. The third-order valence-corrected chi connectivity index (χ3v) is 6.44. The SMILES string of the molecule is C.Cc1c2c(c3c(nc4n3C(C)C(C)N4)c1C)C(C)C(C)C(C)O2. The topological polar surface area (TPSA) is 39.1 Å². The van der Waals surface area contributed by atoms with E-state index in [1.54, 1.807) is 0 Å². The molecule has 4 heteroatoms. The molecule has 0 spiro atoms. The van der Waals surface area contributed by atoms with E-state index in [1.807, 2.05) is 0 Å². The first-order valence-electron chi connectivity index (χ1n) is 8.81. The molecule has 24 heavy (non-hydrogen) atoms. The molecule has 0 radical (unpaired) electrons. The zero-order valence-electron chi connectivity index (χ0n) is 15.2. The molecule has 4 rings (SSSR count). The molecule has 0 saturated carbocycles. The summed E-state index contributed by atoms with van der Waals surface area (Å²) in [5.74, 6) is 3.08. The fraction of sp³-hybridized carbons (Fsp3) is 0.650. The van der Waals surface area contributed by atoms with Crippen LogP contribution in [0.5, 0.6) is 5.75 Å². The summed E-state index contributed by atoms with van der Waals surface area (Å²) >= 11 is 0. The van der Waals surface area contributed by atoms with E-state index < -0.39 is 0 Å². The predicted molar refractivity (Wildman–Crippen MR) is 101 cm³/mol. The zero-order valence-corrected chi connectivity index (χ0v) is 15.2. The van der Waals surface area contributed by atoms with Gasteiger partial charge in [-0.1, -0.05) is 21.3 Å². The van der Waals surface area contributed by atoms with Crippen molar-refractivity contribution in [2.45, 2.75) is 80.0 Å². The summed E-state index contributed by atoms with van der Waals surface area (Å²) in [6.45, 7) is 15.7. The van der Waals surface area contributed by atoms with Gasteiger partial charge in [-0.05, 0) is 57.6 Å². The van der Waals surface area contributed by atoms with E-state index in [4.69, 9.17) is 9.72 Å². The van der Waals surface area contributed by atoms with Crippen LogP contribution in [0.15, 0.2) is 0 Å². The quantitative estimate of drug-likeness (QED) is 0.723. The van der Waals surface area contributed by atoms with Crippen LogP contribution >= 0.6 is 0 Å². The molecule has 0 bridgehead atoms. The van der Waals surface area contributed by atoms with Crippen LogP contribution < -0.4 is 10.1 Å². The highest BCUT2D eigenvalue weighted by molar-refractivity contribution is 5.90. The molecule has 132 valence electrons. The molecule has 0 saturated heterocycles. The van der Waals surface area contributed by atoms with Crippen LogP contribution in [0, 0.1) is 19.8 Å². The van der Waals surface area contributed by atoms with Crippen LogP contribution in [0.4, 0.5) is 5.95 Å². The Morgan fingerprint density at radius 2 is 1.71 bits per heavy atom. The number of nitrogens with zero attached hydrogens (tertiary/aromatic N) is 2. The number of anilines is 1. The maximum Gasteiger partial charge on any atom is 0.204 e. The smallest absolute Gasteiger partial charge is 0.204 e. The van der Waals surface area contributed by atoms with Crippen molar-refractivity contribution in [2.24, 2.45) is 5.92 Å². The van der Waals surface area contributed by atoms with Crippen molar-refractivity contribution in [3.8, 4) is 5.75 Å². The molecule has 2 aliphatic rings. The summed E-state index contributed by atoms with van der Waals surface area (Å²) in [7, 11) is 0. The lowest BCUT2D eigenvalue weighted by Crippen LogP contribution is -2.32. The lowest BCUT2D eigenvalue weighted by atomic mass is 9.80. The van der Waals surface area contributed by atoms with Gasteiger partial charge in [-0.2, -0.15) is 0 Å². The Morgan fingerprint density at radius 1 is 1.04 bits per heavy atom. The van der Waals surface area contributed by atoms with Gasteiger partial charge in [-0.15, -0.1) is 0 Å². The maximum atomic E-state index is 6.36. The summed E-state index contributed by atoms with van der Waals surface area (Å²) in [5, 5.41) is 3.54. The Labute approximate surface area is 145 Å². The number of benzene rings is 1. The van der Waals surface area contributed by atoms with Gasteiger partial charge < -0.3 is 14.6 Å². The fourth-order valence-corrected chi connectivity index (χ4v) is 4.19. The molecule has 3 heterocycles. The fourth-order valence-electron chi connectivity index (χ4n) is 4.19. The largest absolute Gasteiger partial charge is 0.490 e. The summed E-state index contributed by atoms with van der Waals surface area (Å²) in [4.78, 5) is 4.94. The second-order valence-corrected chi connectivity index (χ2v) is 7.64. The first kappa shape index (κ1) is 17.1. The number of aryl methyl sites for hydroxylation is 1. The summed E-state index contributed by atoms with van der Waals surface area (Å²) in [6.07, 6.45) is 0.253. The van der Waals surface area contributed by atoms with Crippen LogP contribution in [-0.4, -0.2) is 21.7 Å². The van der Waals surface area contributed by atoms with Crippen molar-refractivity contribution in [1.82, 2.24) is 9.55 Å². The first-order chi connectivity index (χ1) is 10.8. The van der Waals surface area contributed by atoms with E-state index in [-0.39, 0.29) is 13.5 Å². The maximum absolute atomic E-state index is 6.36. The summed E-state index contributed by atoms with van der Waals surface area (Å²) < 4.78 is 8.76. The van der Waals surface area contributed by atoms with Crippen LogP contribution in [0.3, 0.4) is 0 Å². The van der Waals surface area contributed by atoms with Crippen molar-refractivity contribution in [3.05, 3.63) is 16.7 Å². The van der Waals surface area contributed by atoms with E-state index >= 15 is 0 Å². The normalized spacial score (nSPS) is 31.0. The Kier molecular flexibility index (Phi) is 3.85. The van der Waals surface area contributed by atoms with Gasteiger partial charge in [0, 0.05) is 11.6 Å². The van der Waals surface area contributed by atoms with E-state index in [9.17, 15) is 0 Å². The average Bonchev–Trinajstić information content (AvgIpc) is 3.00. The number of rotatable bonds is 0. The number of imidazole rings is 1. The average molecular weight is 329 g/mol. The van der Waals surface area contributed by atoms with Crippen molar-refractivity contribution in [1.29, 1.82) is 0 Å². The molecular weight excluding hydrogens is 298 g/mol. The molecule has 5 unspecified atom stereocenters. The molecule has 2 aliphatic heterocycles. The predicted octanol–water partition coefficient (Wildman–Crippen LogP) is 5.18. The molecule has 1 aromatic carbocycles. The van der Waals surface area contributed by atoms with Gasteiger partial charge in [-0.3, -0.25) is 0 Å². The number of hydrogen-bond donors (Lipinski definition) is 1. The molecule has 0 amide bonds. The van der Waals surface area contributed by atoms with Gasteiger partial charge in [0.05, 0.1) is 23.2 Å². The number of aromatic nitrogens is 2. The summed E-state index contributed by atoms with van der Waals surface area (Å²) in [6, 6.07) is 0.818. The minimum atomic E-state index is 0. The van der Waals surface area contributed by atoms with Gasteiger partial charge in [-0.25, -0.2) is 4.98 Å². The second-order valence-electron chi connectivity index (χ2n) is 7.64. The molecule has 1 N–H and O–H groups in total. The number of nitrogens with one attached hydrogen (secondary N) is 1. The highest BCUT2D eigenvalue weighted by Gasteiger charge is 2.38. The Hall–Kier alpha value is -1.71. The third kappa shape index (κ3) is 1.95. The monoisotopic (exact) mass is 329 g/mol. The van der Waals surface area contributed by atoms with Gasteiger partial charge in [0.25, 0.3) is 0 Å². The van der Waals surface area contributed by atoms with Crippen LogP contribution in [0.25, 0.3) is 11.0 Å². The van der Waals surface area contributed by atoms with Crippen LogP contribution in [-0.2, 0) is 0 Å². The Bertz CT molecular complexity index is 807. The lowest BCUT2D eigenvalue weighted by Gasteiger charge is -2.36. The highest BCUT2D eigenvalue weighted by atomic mass is 16.5. The molecule has 4 nitrogen and oxygen atoms in total. The molecular formula is C20H31N3O.